The second-order valence-corrected chi connectivity index (χ2v) is 8.76. The maximum absolute atomic E-state index is 13.0. The van der Waals surface area contributed by atoms with Crippen molar-refractivity contribution in [3.8, 4) is 0 Å². The molecule has 0 saturated heterocycles. The molecule has 2 aromatic carbocycles. The molecule has 3 fully saturated rings. The smallest absolute Gasteiger partial charge is 0.251 e. The standard InChI is InChI=1S/C24H22FN3O2/c1-15(21(29)27-19-8-6-18(25)7-9-19)23-12-24(13-23,14-23)28-22(30)17-5-4-16-3-2-10-26-20(16)11-17/h2-11,15H,12-14H2,1H3,(H,27,29)(H,28,30). The molecule has 3 aromatic rings. The van der Waals surface area contributed by atoms with Crippen LogP contribution in [0.3, 0.4) is 0 Å². The normalized spacial score (nSPS) is 25.0. The van der Waals surface area contributed by atoms with E-state index in [9.17, 15) is 14.0 Å². The number of pyridine rings is 1. The van der Waals surface area contributed by atoms with Crippen molar-refractivity contribution in [3.63, 3.8) is 0 Å². The van der Waals surface area contributed by atoms with Crippen LogP contribution in [-0.2, 0) is 4.79 Å². The van der Waals surface area contributed by atoms with Gasteiger partial charge in [0.25, 0.3) is 5.91 Å². The zero-order chi connectivity index (χ0) is 20.9. The third-order valence-electron chi connectivity index (χ3n) is 6.74. The number of benzene rings is 2. The van der Waals surface area contributed by atoms with E-state index in [4.69, 9.17) is 0 Å². The van der Waals surface area contributed by atoms with Crippen molar-refractivity contribution < 1.29 is 14.0 Å². The van der Waals surface area contributed by atoms with E-state index in [2.05, 4.69) is 15.6 Å². The lowest BCUT2D eigenvalue weighted by atomic mass is 9.36. The van der Waals surface area contributed by atoms with Crippen LogP contribution in [-0.4, -0.2) is 22.3 Å². The SMILES string of the molecule is CC(C(=O)Nc1ccc(F)cc1)C12CC(NC(=O)c3ccc4cccnc4c3)(C1)C2. The van der Waals surface area contributed by atoms with Gasteiger partial charge in [-0.3, -0.25) is 14.6 Å². The van der Waals surface area contributed by atoms with E-state index in [0.717, 1.165) is 30.2 Å². The van der Waals surface area contributed by atoms with Crippen molar-refractivity contribution in [2.75, 3.05) is 5.32 Å². The largest absolute Gasteiger partial charge is 0.347 e. The summed E-state index contributed by atoms with van der Waals surface area (Å²) in [6.07, 6.45) is 4.12. The Morgan fingerprint density at radius 3 is 2.53 bits per heavy atom. The summed E-state index contributed by atoms with van der Waals surface area (Å²) in [5.41, 5.74) is 1.71. The zero-order valence-corrected chi connectivity index (χ0v) is 16.6. The highest BCUT2D eigenvalue weighted by atomic mass is 19.1. The molecule has 5 nitrogen and oxygen atoms in total. The Morgan fingerprint density at radius 1 is 1.07 bits per heavy atom. The molecule has 1 heterocycles. The van der Waals surface area contributed by atoms with Crippen LogP contribution in [0.15, 0.2) is 60.8 Å². The summed E-state index contributed by atoms with van der Waals surface area (Å²) in [6, 6.07) is 15.1. The van der Waals surface area contributed by atoms with Crippen LogP contribution in [0.5, 0.6) is 0 Å². The van der Waals surface area contributed by atoms with Gasteiger partial charge in [0.15, 0.2) is 0 Å². The van der Waals surface area contributed by atoms with Gasteiger partial charge in [-0.05, 0) is 67.1 Å². The number of anilines is 1. The van der Waals surface area contributed by atoms with E-state index in [1.165, 1.54) is 12.1 Å². The van der Waals surface area contributed by atoms with Crippen molar-refractivity contribution in [3.05, 3.63) is 72.2 Å². The number of nitrogens with one attached hydrogen (secondary N) is 2. The molecule has 3 aliphatic rings. The minimum Gasteiger partial charge on any atom is -0.347 e. The third kappa shape index (κ3) is 3.03. The fourth-order valence-corrected chi connectivity index (χ4v) is 5.04. The fourth-order valence-electron chi connectivity index (χ4n) is 5.04. The summed E-state index contributed by atoms with van der Waals surface area (Å²) in [6.45, 7) is 1.93. The number of nitrogens with zero attached hydrogens (tertiary/aromatic N) is 1. The summed E-state index contributed by atoms with van der Waals surface area (Å²) >= 11 is 0. The number of fused-ring (bicyclic) bond motifs is 1. The van der Waals surface area contributed by atoms with Gasteiger partial charge in [-0.2, -0.15) is 0 Å². The molecular weight excluding hydrogens is 381 g/mol. The average molecular weight is 403 g/mol. The third-order valence-corrected chi connectivity index (χ3v) is 6.74. The van der Waals surface area contributed by atoms with Crippen LogP contribution in [0.25, 0.3) is 10.9 Å². The van der Waals surface area contributed by atoms with Crippen LogP contribution in [0.4, 0.5) is 10.1 Å². The Bertz CT molecular complexity index is 1140. The lowest BCUT2D eigenvalue weighted by Gasteiger charge is -2.72. The van der Waals surface area contributed by atoms with Crippen molar-refractivity contribution in [2.24, 2.45) is 11.3 Å². The Hall–Kier alpha value is -3.28. The molecule has 1 atom stereocenters. The van der Waals surface area contributed by atoms with Crippen LogP contribution in [0, 0.1) is 17.2 Å². The Kier molecular flexibility index (Phi) is 4.13. The number of halogens is 1. The first-order chi connectivity index (χ1) is 14.4. The first kappa shape index (κ1) is 18.7. The van der Waals surface area contributed by atoms with E-state index < -0.39 is 0 Å². The van der Waals surface area contributed by atoms with E-state index in [0.29, 0.717) is 11.3 Å². The fraction of sp³-hybridized carbons (Fsp3) is 0.292. The molecule has 3 saturated carbocycles. The summed E-state index contributed by atoms with van der Waals surface area (Å²) in [5, 5.41) is 7.04. The minimum atomic E-state index is -0.333. The molecule has 0 radical (unpaired) electrons. The summed E-state index contributed by atoms with van der Waals surface area (Å²) in [4.78, 5) is 29.7. The second kappa shape index (κ2) is 6.62. The molecule has 6 heteroatoms. The van der Waals surface area contributed by atoms with E-state index in [1.54, 1.807) is 18.3 Å². The van der Waals surface area contributed by atoms with E-state index >= 15 is 0 Å². The minimum absolute atomic E-state index is 0.0671. The monoisotopic (exact) mass is 403 g/mol. The van der Waals surface area contributed by atoms with Crippen LogP contribution < -0.4 is 10.6 Å². The molecule has 0 spiro atoms. The Labute approximate surface area is 173 Å². The number of hydrogen-bond donors (Lipinski definition) is 2. The number of carbonyl (C=O) groups excluding carboxylic acids is 2. The molecule has 0 aliphatic heterocycles. The molecule has 152 valence electrons. The van der Waals surface area contributed by atoms with Gasteiger partial charge in [0.1, 0.15) is 5.82 Å². The van der Waals surface area contributed by atoms with Gasteiger partial charge in [-0.25, -0.2) is 4.39 Å². The Morgan fingerprint density at radius 2 is 1.80 bits per heavy atom. The number of amides is 2. The van der Waals surface area contributed by atoms with Crippen molar-refractivity contribution >= 4 is 28.4 Å². The van der Waals surface area contributed by atoms with Gasteiger partial charge in [-0.15, -0.1) is 0 Å². The van der Waals surface area contributed by atoms with Gasteiger partial charge in [0.2, 0.25) is 5.91 Å². The van der Waals surface area contributed by atoms with Gasteiger partial charge >= 0.3 is 0 Å². The van der Waals surface area contributed by atoms with E-state index in [1.807, 2.05) is 37.3 Å². The molecule has 2 bridgehead atoms. The molecule has 2 amide bonds. The Balaban J connectivity index is 1.20. The molecular formula is C24H22FN3O2. The van der Waals surface area contributed by atoms with Gasteiger partial charge < -0.3 is 10.6 Å². The summed E-state index contributed by atoms with van der Waals surface area (Å²) < 4.78 is 13.0. The molecule has 3 aliphatic carbocycles. The first-order valence-electron chi connectivity index (χ1n) is 10.1. The van der Waals surface area contributed by atoms with Crippen molar-refractivity contribution in [2.45, 2.75) is 31.7 Å². The maximum atomic E-state index is 13.0. The molecule has 1 aromatic heterocycles. The number of hydrogen-bond acceptors (Lipinski definition) is 3. The highest BCUT2D eigenvalue weighted by Gasteiger charge is 2.71. The average Bonchev–Trinajstić information content (AvgIpc) is 2.70. The maximum Gasteiger partial charge on any atom is 0.251 e. The number of carbonyl (C=O) groups is 2. The lowest BCUT2D eigenvalue weighted by Crippen LogP contribution is -2.77. The second-order valence-electron chi connectivity index (χ2n) is 8.76. The van der Waals surface area contributed by atoms with Crippen molar-refractivity contribution in [1.29, 1.82) is 0 Å². The topological polar surface area (TPSA) is 71.1 Å². The molecule has 6 rings (SSSR count). The quantitative estimate of drug-likeness (QED) is 0.667. The van der Waals surface area contributed by atoms with E-state index in [-0.39, 0.29) is 34.5 Å². The highest BCUT2D eigenvalue weighted by Crippen LogP contribution is 2.70. The van der Waals surface area contributed by atoms with Crippen molar-refractivity contribution in [1.82, 2.24) is 10.3 Å². The van der Waals surface area contributed by atoms with Crippen LogP contribution >= 0.6 is 0 Å². The molecule has 2 N–H and O–H groups in total. The lowest BCUT2D eigenvalue weighted by molar-refractivity contribution is -0.184. The predicted octanol–water partition coefficient (Wildman–Crippen LogP) is 4.30. The highest BCUT2D eigenvalue weighted by molar-refractivity contribution is 5.98. The van der Waals surface area contributed by atoms with Gasteiger partial charge in [-0.1, -0.05) is 19.1 Å². The summed E-state index contributed by atoms with van der Waals surface area (Å²) in [7, 11) is 0. The first-order valence-corrected chi connectivity index (χ1v) is 10.1. The zero-order valence-electron chi connectivity index (χ0n) is 16.6. The molecule has 1 unspecified atom stereocenters. The number of rotatable bonds is 5. The van der Waals surface area contributed by atoms with Gasteiger partial charge in [0.05, 0.1) is 5.52 Å². The number of aromatic nitrogens is 1. The predicted molar refractivity (Wildman–Crippen MR) is 112 cm³/mol. The molecule has 30 heavy (non-hydrogen) atoms. The van der Waals surface area contributed by atoms with Crippen LogP contribution in [0.1, 0.15) is 36.5 Å². The van der Waals surface area contributed by atoms with Gasteiger partial charge in [0, 0.05) is 34.3 Å². The van der Waals surface area contributed by atoms with Crippen LogP contribution in [0.2, 0.25) is 0 Å². The summed E-state index contributed by atoms with van der Waals surface area (Å²) in [5.74, 6) is -0.673.